The number of hydrogen-bond donors (Lipinski definition) is 2. The van der Waals surface area contributed by atoms with E-state index in [1.54, 1.807) is 18.2 Å². The Kier molecular flexibility index (Phi) is 3.47. The van der Waals surface area contributed by atoms with Crippen LogP contribution in [0.4, 0.5) is 10.3 Å². The molecule has 3 aromatic rings. The lowest BCUT2D eigenvalue weighted by Crippen LogP contribution is -2.08. The first-order valence-corrected chi connectivity index (χ1v) is 6.41. The average Bonchev–Trinajstić information content (AvgIpc) is 2.88. The van der Waals surface area contributed by atoms with Crippen molar-refractivity contribution in [1.82, 2.24) is 9.97 Å². The zero-order valence-corrected chi connectivity index (χ0v) is 11.0. The van der Waals surface area contributed by atoms with E-state index in [2.05, 4.69) is 15.3 Å². The van der Waals surface area contributed by atoms with Crippen LogP contribution in [0.2, 0.25) is 0 Å². The van der Waals surface area contributed by atoms with E-state index in [-0.39, 0.29) is 11.7 Å². The normalized spacial score (nSPS) is 11.1. The minimum absolute atomic E-state index is 0.359. The number of carbonyl (C=O) groups excluding carboxylic acids is 1. The number of aromatic nitrogens is 2. The second-order valence-electron chi connectivity index (χ2n) is 4.45. The summed E-state index contributed by atoms with van der Waals surface area (Å²) in [5.41, 5.74) is 1.97. The van der Waals surface area contributed by atoms with Crippen LogP contribution in [0, 0.1) is 5.82 Å². The standard InChI is InChI=1S/C16H12FN3O/c17-12-6-2-1-5-11(12)9-10-15(21)20-16-18-13-7-3-4-8-14(13)19-16/h1-10H,(H2,18,19,20,21). The summed E-state index contributed by atoms with van der Waals surface area (Å²) in [6.07, 6.45) is 2.69. The van der Waals surface area contributed by atoms with Crippen molar-refractivity contribution < 1.29 is 9.18 Å². The van der Waals surface area contributed by atoms with Gasteiger partial charge in [-0.1, -0.05) is 30.3 Å². The van der Waals surface area contributed by atoms with Gasteiger partial charge in [-0.3, -0.25) is 10.1 Å². The molecule has 0 spiro atoms. The van der Waals surface area contributed by atoms with E-state index in [9.17, 15) is 9.18 Å². The third-order valence-corrected chi connectivity index (χ3v) is 2.95. The van der Waals surface area contributed by atoms with Gasteiger partial charge < -0.3 is 4.98 Å². The van der Waals surface area contributed by atoms with Gasteiger partial charge in [-0.25, -0.2) is 9.37 Å². The van der Waals surface area contributed by atoms with E-state index in [1.165, 1.54) is 18.2 Å². The minimum Gasteiger partial charge on any atom is -0.324 e. The summed E-state index contributed by atoms with van der Waals surface area (Å²) >= 11 is 0. The number of imidazole rings is 1. The molecule has 0 saturated heterocycles. The Hall–Kier alpha value is -2.95. The first-order valence-electron chi connectivity index (χ1n) is 6.41. The molecule has 0 aliphatic heterocycles. The number of benzene rings is 2. The number of anilines is 1. The zero-order valence-electron chi connectivity index (χ0n) is 11.0. The highest BCUT2D eigenvalue weighted by molar-refractivity contribution is 6.01. The summed E-state index contributed by atoms with van der Waals surface area (Å²) in [4.78, 5) is 19.0. The van der Waals surface area contributed by atoms with Gasteiger partial charge in [-0.15, -0.1) is 0 Å². The molecule has 0 fully saturated rings. The Balaban J connectivity index is 1.73. The van der Waals surface area contributed by atoms with Crippen LogP contribution in [0.5, 0.6) is 0 Å². The van der Waals surface area contributed by atoms with Crippen LogP contribution in [0.3, 0.4) is 0 Å². The maximum Gasteiger partial charge on any atom is 0.250 e. The molecule has 2 N–H and O–H groups in total. The smallest absolute Gasteiger partial charge is 0.250 e. The van der Waals surface area contributed by atoms with Crippen molar-refractivity contribution in [2.24, 2.45) is 0 Å². The van der Waals surface area contributed by atoms with Gasteiger partial charge in [0.25, 0.3) is 5.91 Å². The van der Waals surface area contributed by atoms with Gasteiger partial charge in [-0.05, 0) is 24.3 Å². The number of amides is 1. The van der Waals surface area contributed by atoms with Crippen molar-refractivity contribution in [3.05, 3.63) is 66.0 Å². The molecule has 1 aromatic heterocycles. The maximum absolute atomic E-state index is 13.4. The van der Waals surface area contributed by atoms with Crippen LogP contribution in [-0.4, -0.2) is 15.9 Å². The van der Waals surface area contributed by atoms with Crippen LogP contribution in [0.25, 0.3) is 17.1 Å². The highest BCUT2D eigenvalue weighted by atomic mass is 19.1. The van der Waals surface area contributed by atoms with Crippen molar-refractivity contribution in [2.45, 2.75) is 0 Å². The summed E-state index contributed by atoms with van der Waals surface area (Å²) in [5, 5.41) is 2.61. The number of rotatable bonds is 3. The molecular formula is C16H12FN3O. The number of halogens is 1. The highest BCUT2D eigenvalue weighted by Crippen LogP contribution is 2.13. The Morgan fingerprint density at radius 1 is 1.14 bits per heavy atom. The second kappa shape index (κ2) is 5.58. The fourth-order valence-corrected chi connectivity index (χ4v) is 1.95. The molecule has 0 atom stereocenters. The molecular weight excluding hydrogens is 269 g/mol. The van der Waals surface area contributed by atoms with Crippen LogP contribution < -0.4 is 5.32 Å². The van der Waals surface area contributed by atoms with E-state index in [4.69, 9.17) is 0 Å². The molecule has 5 heteroatoms. The predicted molar refractivity (Wildman–Crippen MR) is 80.2 cm³/mol. The molecule has 1 heterocycles. The number of para-hydroxylation sites is 2. The van der Waals surface area contributed by atoms with Gasteiger partial charge in [0.15, 0.2) is 0 Å². The molecule has 0 bridgehead atoms. The fourth-order valence-electron chi connectivity index (χ4n) is 1.95. The molecule has 4 nitrogen and oxygen atoms in total. The van der Waals surface area contributed by atoms with Gasteiger partial charge in [0.1, 0.15) is 5.82 Å². The maximum atomic E-state index is 13.4. The van der Waals surface area contributed by atoms with Gasteiger partial charge in [-0.2, -0.15) is 0 Å². The van der Waals surface area contributed by atoms with E-state index in [1.807, 2.05) is 24.3 Å². The summed E-state index contributed by atoms with van der Waals surface area (Å²) in [5.74, 6) is -0.387. The molecule has 0 unspecified atom stereocenters. The number of nitrogens with one attached hydrogen (secondary N) is 2. The van der Waals surface area contributed by atoms with Crippen LogP contribution in [0.15, 0.2) is 54.6 Å². The Morgan fingerprint density at radius 2 is 1.90 bits per heavy atom. The van der Waals surface area contributed by atoms with Crippen molar-refractivity contribution in [2.75, 3.05) is 5.32 Å². The van der Waals surface area contributed by atoms with Crippen molar-refractivity contribution in [3.8, 4) is 0 Å². The number of carbonyl (C=O) groups is 1. The van der Waals surface area contributed by atoms with Crippen molar-refractivity contribution >= 4 is 29.0 Å². The summed E-state index contributed by atoms with van der Waals surface area (Å²) < 4.78 is 13.4. The first kappa shape index (κ1) is 13.1. The van der Waals surface area contributed by atoms with E-state index >= 15 is 0 Å². The van der Waals surface area contributed by atoms with Crippen molar-refractivity contribution in [1.29, 1.82) is 0 Å². The molecule has 0 saturated carbocycles. The Bertz CT molecular complexity index is 790. The Morgan fingerprint density at radius 3 is 2.71 bits per heavy atom. The number of nitrogens with zero attached hydrogens (tertiary/aromatic N) is 1. The number of aromatic amines is 1. The zero-order chi connectivity index (χ0) is 14.7. The molecule has 0 aliphatic carbocycles. The molecule has 0 aliphatic rings. The number of H-pyrrole nitrogens is 1. The summed E-state index contributed by atoms with van der Waals surface area (Å²) in [7, 11) is 0. The molecule has 0 radical (unpaired) electrons. The van der Waals surface area contributed by atoms with E-state index in [0.29, 0.717) is 11.5 Å². The fraction of sp³-hybridized carbons (Fsp3) is 0. The summed E-state index contributed by atoms with van der Waals surface area (Å²) in [6, 6.07) is 13.7. The third kappa shape index (κ3) is 2.97. The minimum atomic E-state index is -0.377. The average molecular weight is 281 g/mol. The topological polar surface area (TPSA) is 57.8 Å². The largest absolute Gasteiger partial charge is 0.324 e. The molecule has 21 heavy (non-hydrogen) atoms. The van der Waals surface area contributed by atoms with Gasteiger partial charge in [0.2, 0.25) is 5.95 Å². The predicted octanol–water partition coefficient (Wildman–Crippen LogP) is 3.35. The Labute approximate surface area is 120 Å². The second-order valence-corrected chi connectivity index (χ2v) is 4.45. The summed E-state index contributed by atoms with van der Waals surface area (Å²) in [6.45, 7) is 0. The third-order valence-electron chi connectivity index (χ3n) is 2.95. The quantitative estimate of drug-likeness (QED) is 0.723. The molecule has 2 aromatic carbocycles. The van der Waals surface area contributed by atoms with Gasteiger partial charge in [0, 0.05) is 11.6 Å². The SMILES string of the molecule is O=C(C=Cc1ccccc1F)Nc1nc2ccccc2[nH]1. The molecule has 3 rings (SSSR count). The first-order chi connectivity index (χ1) is 10.2. The van der Waals surface area contributed by atoms with Crippen LogP contribution >= 0.6 is 0 Å². The number of fused-ring (bicyclic) bond motifs is 1. The lowest BCUT2D eigenvalue weighted by atomic mass is 10.2. The lowest BCUT2D eigenvalue weighted by Gasteiger charge is -1.97. The highest BCUT2D eigenvalue weighted by Gasteiger charge is 2.04. The monoisotopic (exact) mass is 281 g/mol. The molecule has 1 amide bonds. The number of hydrogen-bond acceptors (Lipinski definition) is 2. The van der Waals surface area contributed by atoms with E-state index < -0.39 is 0 Å². The van der Waals surface area contributed by atoms with Gasteiger partial charge in [0.05, 0.1) is 11.0 Å². The molecule has 104 valence electrons. The van der Waals surface area contributed by atoms with Crippen LogP contribution in [-0.2, 0) is 4.79 Å². The van der Waals surface area contributed by atoms with Gasteiger partial charge >= 0.3 is 0 Å². The van der Waals surface area contributed by atoms with Crippen LogP contribution in [0.1, 0.15) is 5.56 Å². The van der Waals surface area contributed by atoms with E-state index in [0.717, 1.165) is 11.0 Å². The lowest BCUT2D eigenvalue weighted by molar-refractivity contribution is -0.111. The van der Waals surface area contributed by atoms with Crippen molar-refractivity contribution in [3.63, 3.8) is 0 Å².